The molecule has 0 spiro atoms. The largest absolute Gasteiger partial charge is 0.300 e. The van der Waals surface area contributed by atoms with E-state index >= 15 is 0 Å². The van der Waals surface area contributed by atoms with Gasteiger partial charge in [-0.2, -0.15) is 0 Å². The van der Waals surface area contributed by atoms with Gasteiger partial charge in [-0.05, 0) is 28.1 Å². The summed E-state index contributed by atoms with van der Waals surface area (Å²) in [4.78, 5) is 15.0. The van der Waals surface area contributed by atoms with Crippen LogP contribution in [0.2, 0.25) is 0 Å². The second-order valence-electron chi connectivity index (χ2n) is 3.01. The van der Waals surface area contributed by atoms with Gasteiger partial charge in [0.25, 0.3) is 0 Å². The highest BCUT2D eigenvalue weighted by molar-refractivity contribution is 9.10. The van der Waals surface area contributed by atoms with Gasteiger partial charge in [0.05, 0.1) is 5.69 Å². The van der Waals surface area contributed by atoms with E-state index in [-0.39, 0.29) is 0 Å². The number of hydrogen-bond acceptors (Lipinski definition) is 2. The summed E-state index contributed by atoms with van der Waals surface area (Å²) in [6.45, 7) is 0. The lowest BCUT2D eigenvalue weighted by Crippen LogP contribution is -2.22. The van der Waals surface area contributed by atoms with Crippen molar-refractivity contribution in [3.8, 4) is 0 Å². The third kappa shape index (κ3) is 1.29. The van der Waals surface area contributed by atoms with Crippen LogP contribution in [-0.4, -0.2) is 10.8 Å². The smallest absolute Gasteiger partial charge is 0.134 e. The van der Waals surface area contributed by atoms with Crippen LogP contribution in [0.25, 0.3) is 0 Å². The topological polar surface area (TPSA) is 30.0 Å². The second kappa shape index (κ2) is 2.98. The molecule has 0 amide bonds. The molecule has 0 atom stereocenters. The Balaban J connectivity index is 2.23. The van der Waals surface area contributed by atoms with Crippen molar-refractivity contribution < 1.29 is 4.79 Å². The Hall–Kier alpha value is -0.700. The van der Waals surface area contributed by atoms with Crippen LogP contribution in [-0.2, 0) is 4.79 Å². The molecule has 2 rings (SSSR count). The summed E-state index contributed by atoms with van der Waals surface area (Å²) < 4.78 is 1.02. The fourth-order valence-corrected chi connectivity index (χ4v) is 1.96. The van der Waals surface area contributed by atoms with Gasteiger partial charge in [0.1, 0.15) is 5.78 Å². The van der Waals surface area contributed by atoms with E-state index in [0.717, 1.165) is 10.2 Å². The quantitative estimate of drug-likeness (QED) is 0.735. The fourth-order valence-electron chi connectivity index (χ4n) is 1.38. The van der Waals surface area contributed by atoms with Crippen molar-refractivity contribution in [3.63, 3.8) is 0 Å². The number of halogens is 1. The molecule has 1 fully saturated rings. The minimum absolute atomic E-state index is 0.345. The van der Waals surface area contributed by atoms with Crippen molar-refractivity contribution in [3.05, 3.63) is 28.5 Å². The first-order chi connectivity index (χ1) is 5.77. The van der Waals surface area contributed by atoms with Crippen molar-refractivity contribution in [2.24, 2.45) is 0 Å². The molecular formula is C9H8BrNO. The van der Waals surface area contributed by atoms with Gasteiger partial charge in [0.15, 0.2) is 0 Å². The normalized spacial score (nSPS) is 17.6. The van der Waals surface area contributed by atoms with Crippen LogP contribution in [0.4, 0.5) is 0 Å². The van der Waals surface area contributed by atoms with Gasteiger partial charge in [-0.3, -0.25) is 9.78 Å². The van der Waals surface area contributed by atoms with Crippen LogP contribution >= 0.6 is 15.9 Å². The predicted octanol–water partition coefficient (Wildman–Crippen LogP) is 2.29. The van der Waals surface area contributed by atoms with E-state index < -0.39 is 0 Å². The van der Waals surface area contributed by atoms with Crippen molar-refractivity contribution in [1.29, 1.82) is 0 Å². The molecule has 2 nitrogen and oxygen atoms in total. The van der Waals surface area contributed by atoms with Gasteiger partial charge >= 0.3 is 0 Å². The Labute approximate surface area is 79.1 Å². The fraction of sp³-hybridized carbons (Fsp3) is 0.333. The summed E-state index contributed by atoms with van der Waals surface area (Å²) in [5.41, 5.74) is 1.03. The molecule has 1 aliphatic carbocycles. The van der Waals surface area contributed by atoms with E-state index in [1.54, 1.807) is 6.20 Å². The Kier molecular flexibility index (Phi) is 1.97. The number of ketones is 1. The number of nitrogens with zero attached hydrogens (tertiary/aromatic N) is 1. The maximum Gasteiger partial charge on any atom is 0.134 e. The van der Waals surface area contributed by atoms with Gasteiger partial charge in [-0.15, -0.1) is 0 Å². The molecule has 1 aromatic rings. The highest BCUT2D eigenvalue weighted by atomic mass is 79.9. The van der Waals surface area contributed by atoms with Crippen LogP contribution in [0, 0.1) is 0 Å². The molecule has 0 aliphatic heterocycles. The summed E-state index contributed by atoms with van der Waals surface area (Å²) in [6.07, 6.45) is 3.09. The Morgan fingerprint density at radius 1 is 1.50 bits per heavy atom. The number of Topliss-reactive ketones (excluding diaryl/α,β-unsaturated/α-hetero) is 1. The van der Waals surface area contributed by atoms with E-state index in [0.29, 0.717) is 24.5 Å². The molecule has 62 valence electrons. The summed E-state index contributed by atoms with van der Waals surface area (Å²) in [7, 11) is 0. The molecular weight excluding hydrogens is 218 g/mol. The van der Waals surface area contributed by atoms with Gasteiger partial charge in [0.2, 0.25) is 0 Å². The molecule has 0 bridgehead atoms. The first-order valence-corrected chi connectivity index (χ1v) is 4.69. The zero-order chi connectivity index (χ0) is 8.55. The maximum atomic E-state index is 10.8. The lowest BCUT2D eigenvalue weighted by molar-refractivity contribution is -0.124. The van der Waals surface area contributed by atoms with Gasteiger partial charge < -0.3 is 0 Å². The molecule has 12 heavy (non-hydrogen) atoms. The SMILES string of the molecule is O=C1CC(c2ncccc2Br)C1. The Morgan fingerprint density at radius 3 is 2.83 bits per heavy atom. The first-order valence-electron chi connectivity index (χ1n) is 3.89. The van der Waals surface area contributed by atoms with Gasteiger partial charge in [-0.25, -0.2) is 0 Å². The third-order valence-electron chi connectivity index (χ3n) is 2.12. The van der Waals surface area contributed by atoms with E-state index in [2.05, 4.69) is 20.9 Å². The van der Waals surface area contributed by atoms with Crippen molar-refractivity contribution in [2.75, 3.05) is 0 Å². The lowest BCUT2D eigenvalue weighted by Gasteiger charge is -2.23. The first kappa shape index (κ1) is 7.92. The molecule has 0 unspecified atom stereocenters. The predicted molar refractivity (Wildman–Crippen MR) is 48.9 cm³/mol. The number of aromatic nitrogens is 1. The molecule has 3 heteroatoms. The molecule has 0 radical (unpaired) electrons. The number of pyridine rings is 1. The van der Waals surface area contributed by atoms with Crippen LogP contribution in [0.3, 0.4) is 0 Å². The van der Waals surface area contributed by atoms with Crippen molar-refractivity contribution in [1.82, 2.24) is 4.98 Å². The van der Waals surface area contributed by atoms with Crippen molar-refractivity contribution in [2.45, 2.75) is 18.8 Å². The summed E-state index contributed by atoms with van der Waals surface area (Å²) in [6, 6.07) is 3.85. The Bertz CT molecular complexity index is 316. The maximum absolute atomic E-state index is 10.8. The standard InChI is InChI=1S/C9H8BrNO/c10-8-2-1-3-11-9(8)6-4-7(12)5-6/h1-3,6H,4-5H2. The Morgan fingerprint density at radius 2 is 2.25 bits per heavy atom. The zero-order valence-electron chi connectivity index (χ0n) is 6.46. The van der Waals surface area contributed by atoms with Gasteiger partial charge in [0, 0.05) is 29.4 Å². The zero-order valence-corrected chi connectivity index (χ0v) is 8.04. The lowest BCUT2D eigenvalue weighted by atomic mass is 9.81. The van der Waals surface area contributed by atoms with E-state index in [4.69, 9.17) is 0 Å². The van der Waals surface area contributed by atoms with Crippen LogP contribution in [0.15, 0.2) is 22.8 Å². The number of hydrogen-bond donors (Lipinski definition) is 0. The van der Waals surface area contributed by atoms with Crippen LogP contribution in [0.5, 0.6) is 0 Å². The molecule has 1 saturated carbocycles. The molecule has 1 heterocycles. The summed E-state index contributed by atoms with van der Waals surface area (Å²) in [5, 5.41) is 0. The minimum atomic E-state index is 0.345. The van der Waals surface area contributed by atoms with E-state index in [1.165, 1.54) is 0 Å². The summed E-state index contributed by atoms with van der Waals surface area (Å²) >= 11 is 3.42. The second-order valence-corrected chi connectivity index (χ2v) is 3.87. The third-order valence-corrected chi connectivity index (χ3v) is 2.79. The number of carbonyl (C=O) groups excluding carboxylic acids is 1. The minimum Gasteiger partial charge on any atom is -0.300 e. The average molecular weight is 226 g/mol. The van der Waals surface area contributed by atoms with Gasteiger partial charge in [-0.1, -0.05) is 0 Å². The van der Waals surface area contributed by atoms with E-state index in [9.17, 15) is 4.79 Å². The monoisotopic (exact) mass is 225 g/mol. The van der Waals surface area contributed by atoms with Crippen LogP contribution in [0.1, 0.15) is 24.5 Å². The van der Waals surface area contributed by atoms with Crippen LogP contribution < -0.4 is 0 Å². The average Bonchev–Trinajstić information content (AvgIpc) is 2.01. The summed E-state index contributed by atoms with van der Waals surface area (Å²) in [5.74, 6) is 0.700. The molecule has 0 aromatic carbocycles. The highest BCUT2D eigenvalue weighted by Crippen LogP contribution is 2.35. The molecule has 0 saturated heterocycles. The van der Waals surface area contributed by atoms with Crippen molar-refractivity contribution >= 4 is 21.7 Å². The molecule has 1 aliphatic rings. The number of rotatable bonds is 1. The highest BCUT2D eigenvalue weighted by Gasteiger charge is 2.30. The van der Waals surface area contributed by atoms with E-state index in [1.807, 2.05) is 12.1 Å². The number of carbonyl (C=O) groups is 1. The molecule has 1 aromatic heterocycles. The molecule has 0 N–H and O–H groups in total.